The van der Waals surface area contributed by atoms with Gasteiger partial charge in [-0.1, -0.05) is 163 Å². The molecule has 0 unspecified atom stereocenters. The number of nitrogens with two attached hydrogens (primary N) is 1. The zero-order chi connectivity index (χ0) is 64.4. The molecular weight excluding hydrogens is 1130 g/mol. The third-order valence-corrected chi connectivity index (χ3v) is 25.9. The van der Waals surface area contributed by atoms with Crippen molar-refractivity contribution in [1.82, 2.24) is 9.80 Å². The fourth-order valence-electron chi connectivity index (χ4n) is 16.6. The third-order valence-electron chi connectivity index (χ3n) is 23.0. The molecule has 0 bridgehead atoms. The molecule has 4 aliphatic heterocycles. The first-order valence-corrected chi connectivity index (χ1v) is 36.6. The number of amides is 2. The van der Waals surface area contributed by atoms with Gasteiger partial charge in [0, 0.05) is 69.4 Å². The van der Waals surface area contributed by atoms with Crippen molar-refractivity contribution in [1.29, 1.82) is 0 Å². The average Bonchev–Trinajstić information content (AvgIpc) is 1.55. The first-order chi connectivity index (χ1) is 41.6. The Labute approximate surface area is 527 Å². The number of fused-ring (bicyclic) bond motifs is 6. The lowest BCUT2D eigenvalue weighted by Gasteiger charge is -2.39. The third kappa shape index (κ3) is 18.6. The van der Waals surface area contributed by atoms with Gasteiger partial charge in [0.25, 0.3) is 6.47 Å². The summed E-state index contributed by atoms with van der Waals surface area (Å²) >= 11 is 0. The molecule has 0 aromatic carbocycles. The highest BCUT2D eigenvalue weighted by Crippen LogP contribution is 2.66. The maximum Gasteiger partial charge on any atom is 0.290 e. The van der Waals surface area contributed by atoms with Gasteiger partial charge in [-0.15, -0.1) is 0 Å². The molecule has 3 N–H and O–H groups in total. The van der Waals surface area contributed by atoms with E-state index >= 15 is 0 Å². The first-order valence-electron chi connectivity index (χ1n) is 35.0. The van der Waals surface area contributed by atoms with Gasteiger partial charge in [-0.05, 0) is 124 Å². The molecular formula is C71H113N3O13S. The molecule has 9 fully saturated rings. The Kier molecular flexibility index (Phi) is 25.2. The van der Waals surface area contributed by atoms with Crippen LogP contribution in [0, 0.1) is 69.5 Å². The van der Waals surface area contributed by atoms with Gasteiger partial charge < -0.3 is 20.6 Å². The summed E-state index contributed by atoms with van der Waals surface area (Å²) in [5, 5.41) is 6.89. The summed E-state index contributed by atoms with van der Waals surface area (Å²) in [4.78, 5) is 134. The van der Waals surface area contributed by atoms with Gasteiger partial charge in [0.2, 0.25) is 23.4 Å². The number of carbonyl (C=O) groups excluding carboxylic acids is 9. The summed E-state index contributed by atoms with van der Waals surface area (Å²) < 4.78 is 25.9. The number of hydrogen-bond donors (Lipinski definition) is 2. The van der Waals surface area contributed by atoms with E-state index in [-0.39, 0.29) is 119 Å². The molecule has 16 nitrogen and oxygen atoms in total. The molecule has 10 atom stereocenters. The van der Waals surface area contributed by atoms with Crippen LogP contribution in [-0.2, 0) is 57.8 Å². The SMILES string of the molecule is CC1(C)[C@@H]2[C@H]3C(=O)C[C@H](C(=O)C(=O)CCC4CC4)CCCCCCCCC[C@H](CC(=O)CC4(CS(=O)(=O)C(C)(C)C)CCCCC4)C(=O)N3C[C@@H]21.CC1(C)[C@@H]2[C@H]3C(=O)C[C@H](C(=O)C(=O)CCC4CC4)CCCCCCCCC[C@H](N)C(=O)N3C[C@@H]21.O=CO. The van der Waals surface area contributed by atoms with Crippen LogP contribution in [0.1, 0.15) is 273 Å². The minimum Gasteiger partial charge on any atom is -0.483 e. The number of ketones is 7. The van der Waals surface area contributed by atoms with Crippen LogP contribution in [0.2, 0.25) is 0 Å². The van der Waals surface area contributed by atoms with Crippen LogP contribution in [0.25, 0.3) is 0 Å². The zero-order valence-electron chi connectivity index (χ0n) is 55.1. The Morgan fingerprint density at radius 1 is 0.568 bits per heavy atom. The lowest BCUT2D eigenvalue weighted by atomic mass is 9.71. The molecule has 5 saturated carbocycles. The van der Waals surface area contributed by atoms with E-state index in [9.17, 15) is 51.6 Å². The van der Waals surface area contributed by atoms with Gasteiger partial charge in [0.15, 0.2) is 33.0 Å². The van der Waals surface area contributed by atoms with Crippen molar-refractivity contribution in [3.8, 4) is 0 Å². The Morgan fingerprint density at radius 2 is 0.943 bits per heavy atom. The van der Waals surface area contributed by atoms with E-state index in [0.717, 1.165) is 148 Å². The Bertz CT molecular complexity index is 2610. The summed E-state index contributed by atoms with van der Waals surface area (Å²) in [5.41, 5.74) is 5.63. The fourth-order valence-corrected chi connectivity index (χ4v) is 18.2. The van der Waals surface area contributed by atoms with Crippen molar-refractivity contribution in [3.05, 3.63) is 0 Å². The summed E-state index contributed by atoms with van der Waals surface area (Å²) in [7, 11) is -3.45. The predicted molar refractivity (Wildman–Crippen MR) is 339 cm³/mol. The minimum absolute atomic E-state index is 0.00202. The number of carbonyl (C=O) groups is 10. The molecule has 5 aliphatic carbocycles. The highest BCUT2D eigenvalue weighted by Gasteiger charge is 2.70. The minimum atomic E-state index is -3.45. The highest BCUT2D eigenvalue weighted by atomic mass is 32.2. The van der Waals surface area contributed by atoms with E-state index < -0.39 is 61.7 Å². The Hall–Kier alpha value is -3.99. The first kappa shape index (κ1) is 71.5. The number of piperidine rings is 2. The number of sulfone groups is 1. The Morgan fingerprint density at radius 3 is 1.35 bits per heavy atom. The Balaban J connectivity index is 0.000000258. The number of hydrogen-bond acceptors (Lipinski definition) is 13. The summed E-state index contributed by atoms with van der Waals surface area (Å²) in [5.74, 6) is -1.77. The molecule has 17 heteroatoms. The molecule has 0 aromatic rings. The number of rotatable bonds is 16. The summed E-state index contributed by atoms with van der Waals surface area (Å²) in [6.45, 7) is 14.6. The average molecular weight is 1250 g/mol. The van der Waals surface area contributed by atoms with Crippen molar-refractivity contribution in [2.45, 2.75) is 296 Å². The van der Waals surface area contributed by atoms with Crippen molar-refractivity contribution in [2.24, 2.45) is 75.2 Å². The standard InChI is InChI=1S/C42H67NO7S.C28H44N2O4.CH2O2/c1-40(2,3)51(49,50)28-42(22-14-11-15-23-42)26-32(44)24-31-17-13-10-8-6-7-9-12-16-30(38(47)34(45)21-20-29-18-19-29)25-35(46)37-36-33(41(36,4)5)27-43(37)39(31)48;1-28(2)20-17-30-25(24(20)28)23(32)16-19(26(33)22(31)15-14-18-12-13-18)10-8-6-4-3-5-7-9-11-21(29)27(30)34;2-1-3/h29-31,33,36-37H,6-28H2,1-5H3;18-21,24-25H,3-17,29H2,1-2H3;1H,(H,2,3)/t30-,31-,33+,36+,37-;19-,20+,21+,24+,25-;/m11./s1. The van der Waals surface area contributed by atoms with E-state index in [1.165, 1.54) is 0 Å². The zero-order valence-corrected chi connectivity index (χ0v) is 55.9. The van der Waals surface area contributed by atoms with Gasteiger partial charge >= 0.3 is 0 Å². The van der Waals surface area contributed by atoms with Gasteiger partial charge in [-0.3, -0.25) is 47.9 Å². The second-order valence-electron chi connectivity index (χ2n) is 31.4. The van der Waals surface area contributed by atoms with Crippen LogP contribution >= 0.6 is 0 Å². The molecule has 0 radical (unpaired) electrons. The maximum atomic E-state index is 14.6. The normalized spacial score (nSPS) is 31.4. The fraction of sp³-hybridized carbons (Fsp3) is 0.859. The van der Waals surface area contributed by atoms with Gasteiger partial charge in [-0.2, -0.15) is 0 Å². The van der Waals surface area contributed by atoms with Crippen molar-refractivity contribution in [2.75, 3.05) is 18.8 Å². The van der Waals surface area contributed by atoms with Crippen molar-refractivity contribution in [3.63, 3.8) is 0 Å². The van der Waals surface area contributed by atoms with Crippen LogP contribution in [0.15, 0.2) is 0 Å². The van der Waals surface area contributed by atoms with Gasteiger partial charge in [0.1, 0.15) is 5.78 Å². The van der Waals surface area contributed by atoms with Crippen LogP contribution in [0.3, 0.4) is 0 Å². The lowest BCUT2D eigenvalue weighted by Crippen LogP contribution is -2.52. The number of carboxylic acid groups (broad SMARTS) is 1. The molecule has 0 aromatic heterocycles. The largest absolute Gasteiger partial charge is 0.483 e. The van der Waals surface area contributed by atoms with Crippen molar-refractivity contribution >= 4 is 68.6 Å². The van der Waals surface area contributed by atoms with Gasteiger partial charge in [0.05, 0.1) is 28.6 Å². The molecule has 9 aliphatic rings. The second kappa shape index (κ2) is 31.1. The van der Waals surface area contributed by atoms with Crippen LogP contribution < -0.4 is 5.73 Å². The van der Waals surface area contributed by atoms with E-state index in [2.05, 4.69) is 27.7 Å². The van der Waals surface area contributed by atoms with E-state index in [4.69, 9.17) is 15.6 Å². The van der Waals surface area contributed by atoms with Crippen molar-refractivity contribution < 1.29 is 61.5 Å². The molecule has 4 saturated heterocycles. The number of nitrogens with zero attached hydrogens (tertiary/aromatic N) is 2. The summed E-state index contributed by atoms with van der Waals surface area (Å²) in [6, 6.07) is -1.70. The summed E-state index contributed by atoms with van der Waals surface area (Å²) in [6.07, 6.45) is 27.6. The van der Waals surface area contributed by atoms with E-state index in [1.807, 2.05) is 0 Å². The quantitative estimate of drug-likeness (QED) is 0.108. The van der Waals surface area contributed by atoms with Crippen LogP contribution in [-0.4, -0.2) is 124 Å². The van der Waals surface area contributed by atoms with Crippen LogP contribution in [0.4, 0.5) is 0 Å². The molecule has 88 heavy (non-hydrogen) atoms. The van der Waals surface area contributed by atoms with E-state index in [0.29, 0.717) is 75.8 Å². The molecule has 4 heterocycles. The lowest BCUT2D eigenvalue weighted by molar-refractivity contribution is -0.145. The molecule has 9 rings (SSSR count). The molecule has 2 amide bonds. The second-order valence-corrected chi connectivity index (χ2v) is 34.2. The molecule has 496 valence electrons. The van der Waals surface area contributed by atoms with E-state index in [1.54, 1.807) is 30.6 Å². The molecule has 0 spiro atoms. The maximum absolute atomic E-state index is 14.6. The monoisotopic (exact) mass is 1250 g/mol. The van der Waals surface area contributed by atoms with Gasteiger partial charge in [-0.25, -0.2) is 8.42 Å². The highest BCUT2D eigenvalue weighted by molar-refractivity contribution is 7.92. The number of Topliss-reactive ketones (excluding diaryl/α,β-unsaturated/α-hetero) is 7. The predicted octanol–water partition coefficient (Wildman–Crippen LogP) is 12.0. The topological polar surface area (TPSA) is 258 Å². The van der Waals surface area contributed by atoms with Crippen LogP contribution in [0.5, 0.6) is 0 Å². The smallest absolute Gasteiger partial charge is 0.290 e.